The van der Waals surface area contributed by atoms with Gasteiger partial charge in [0.05, 0.1) is 19.4 Å². The van der Waals surface area contributed by atoms with Gasteiger partial charge in [0.15, 0.2) is 11.5 Å². The monoisotopic (exact) mass is 344 g/mol. The zero-order valence-corrected chi connectivity index (χ0v) is 15.4. The number of benzene rings is 1. The standard InChI is InChI=1S/C20H28N2O3/c1-4-24-19-9-8-15(11-20(19)23-3)13-21-18-7-5-6-16(18)12-17-10-14(2)22-25-17/h8-11,16,18,21H,4-7,12-13H2,1-3H3/t16-,18+/m0/s1. The molecule has 0 amide bonds. The molecule has 2 aromatic rings. The van der Waals surface area contributed by atoms with Crippen LogP contribution in [0.25, 0.3) is 0 Å². The number of nitrogens with zero attached hydrogens (tertiary/aromatic N) is 1. The van der Waals surface area contributed by atoms with Crippen molar-refractivity contribution in [1.82, 2.24) is 10.5 Å². The SMILES string of the molecule is CCOc1ccc(CN[C@@H]2CCC[C@H]2Cc2cc(C)no2)cc1OC. The number of aryl methyl sites for hydroxylation is 1. The fraction of sp³-hybridized carbons (Fsp3) is 0.550. The molecule has 1 aromatic heterocycles. The first-order valence-corrected chi connectivity index (χ1v) is 9.15. The van der Waals surface area contributed by atoms with Gasteiger partial charge in [-0.25, -0.2) is 0 Å². The van der Waals surface area contributed by atoms with E-state index in [9.17, 15) is 0 Å². The average Bonchev–Trinajstić information content (AvgIpc) is 3.23. The van der Waals surface area contributed by atoms with Gasteiger partial charge in [0.1, 0.15) is 5.76 Å². The maximum Gasteiger partial charge on any atom is 0.161 e. The van der Waals surface area contributed by atoms with Crippen molar-refractivity contribution in [3.05, 3.63) is 41.3 Å². The fourth-order valence-electron chi connectivity index (χ4n) is 3.67. The zero-order valence-electron chi connectivity index (χ0n) is 15.4. The molecule has 1 heterocycles. The first-order valence-electron chi connectivity index (χ1n) is 9.15. The smallest absolute Gasteiger partial charge is 0.161 e. The normalized spacial score (nSPS) is 20.0. The highest BCUT2D eigenvalue weighted by Crippen LogP contribution is 2.31. The number of rotatable bonds is 8. The summed E-state index contributed by atoms with van der Waals surface area (Å²) in [6.07, 6.45) is 4.68. The van der Waals surface area contributed by atoms with E-state index in [1.807, 2.05) is 26.0 Å². The Morgan fingerprint density at radius 1 is 1.24 bits per heavy atom. The molecule has 0 radical (unpaired) electrons. The van der Waals surface area contributed by atoms with Crippen LogP contribution in [0.5, 0.6) is 11.5 Å². The van der Waals surface area contributed by atoms with E-state index in [4.69, 9.17) is 14.0 Å². The van der Waals surface area contributed by atoms with E-state index in [1.165, 1.54) is 24.8 Å². The van der Waals surface area contributed by atoms with Gasteiger partial charge in [0.25, 0.3) is 0 Å². The Bertz CT molecular complexity index is 683. The molecule has 1 saturated carbocycles. The number of hydrogen-bond acceptors (Lipinski definition) is 5. The molecule has 0 bridgehead atoms. The molecule has 1 aliphatic rings. The summed E-state index contributed by atoms with van der Waals surface area (Å²) in [5, 5.41) is 7.72. The van der Waals surface area contributed by atoms with Gasteiger partial charge < -0.3 is 19.3 Å². The largest absolute Gasteiger partial charge is 0.493 e. The summed E-state index contributed by atoms with van der Waals surface area (Å²) in [7, 11) is 1.68. The van der Waals surface area contributed by atoms with E-state index >= 15 is 0 Å². The van der Waals surface area contributed by atoms with Crippen molar-refractivity contribution in [3.8, 4) is 11.5 Å². The van der Waals surface area contributed by atoms with Crippen LogP contribution in [0.4, 0.5) is 0 Å². The molecule has 0 unspecified atom stereocenters. The lowest BCUT2D eigenvalue weighted by Crippen LogP contribution is -2.32. The minimum atomic E-state index is 0.517. The van der Waals surface area contributed by atoms with Crippen LogP contribution < -0.4 is 14.8 Å². The lowest BCUT2D eigenvalue weighted by molar-refractivity contribution is 0.310. The first kappa shape index (κ1) is 17.8. The molecule has 5 nitrogen and oxygen atoms in total. The average molecular weight is 344 g/mol. The van der Waals surface area contributed by atoms with Crippen molar-refractivity contribution in [2.24, 2.45) is 5.92 Å². The van der Waals surface area contributed by atoms with Gasteiger partial charge in [-0.15, -0.1) is 0 Å². The van der Waals surface area contributed by atoms with Crippen molar-refractivity contribution >= 4 is 0 Å². The fourth-order valence-corrected chi connectivity index (χ4v) is 3.67. The van der Waals surface area contributed by atoms with E-state index in [-0.39, 0.29) is 0 Å². The Labute approximate surface area is 149 Å². The second-order valence-electron chi connectivity index (χ2n) is 6.74. The summed E-state index contributed by atoms with van der Waals surface area (Å²) < 4.78 is 16.4. The summed E-state index contributed by atoms with van der Waals surface area (Å²) in [5.41, 5.74) is 2.17. The molecule has 1 aromatic carbocycles. The van der Waals surface area contributed by atoms with Crippen molar-refractivity contribution in [1.29, 1.82) is 0 Å². The third-order valence-electron chi connectivity index (χ3n) is 4.90. The number of aromatic nitrogens is 1. The predicted octanol–water partition coefficient (Wildman–Crippen LogP) is 3.89. The highest BCUT2D eigenvalue weighted by Gasteiger charge is 2.28. The maximum atomic E-state index is 5.58. The lowest BCUT2D eigenvalue weighted by atomic mass is 9.97. The van der Waals surface area contributed by atoms with E-state index in [1.54, 1.807) is 7.11 Å². The van der Waals surface area contributed by atoms with E-state index in [0.29, 0.717) is 18.6 Å². The number of nitrogens with one attached hydrogen (secondary N) is 1. The van der Waals surface area contributed by atoms with Crippen LogP contribution in [0.2, 0.25) is 0 Å². The molecule has 136 valence electrons. The molecule has 3 rings (SSSR count). The molecular formula is C20H28N2O3. The Hall–Kier alpha value is -2.01. The summed E-state index contributed by atoms with van der Waals surface area (Å²) in [6.45, 7) is 5.42. The molecular weight excluding hydrogens is 316 g/mol. The Morgan fingerprint density at radius 3 is 2.84 bits per heavy atom. The van der Waals surface area contributed by atoms with Crippen molar-refractivity contribution in [2.75, 3.05) is 13.7 Å². The summed E-state index contributed by atoms with van der Waals surface area (Å²) >= 11 is 0. The quantitative estimate of drug-likeness (QED) is 0.787. The first-order chi connectivity index (χ1) is 12.2. The van der Waals surface area contributed by atoms with Crippen LogP contribution in [0.3, 0.4) is 0 Å². The Kier molecular flexibility index (Phi) is 5.97. The molecule has 1 fully saturated rings. The maximum absolute atomic E-state index is 5.58. The topological polar surface area (TPSA) is 56.5 Å². The van der Waals surface area contributed by atoms with Crippen LogP contribution in [-0.4, -0.2) is 24.9 Å². The van der Waals surface area contributed by atoms with Gasteiger partial charge >= 0.3 is 0 Å². The van der Waals surface area contributed by atoms with Crippen LogP contribution in [0.15, 0.2) is 28.8 Å². The van der Waals surface area contributed by atoms with Gasteiger partial charge in [0.2, 0.25) is 0 Å². The molecule has 0 saturated heterocycles. The second-order valence-corrected chi connectivity index (χ2v) is 6.74. The second kappa shape index (κ2) is 8.39. The van der Waals surface area contributed by atoms with Gasteiger partial charge in [-0.05, 0) is 50.3 Å². The molecule has 25 heavy (non-hydrogen) atoms. The van der Waals surface area contributed by atoms with E-state index in [0.717, 1.165) is 35.9 Å². The minimum absolute atomic E-state index is 0.517. The van der Waals surface area contributed by atoms with E-state index in [2.05, 4.69) is 22.6 Å². The van der Waals surface area contributed by atoms with Crippen molar-refractivity contribution in [2.45, 2.75) is 52.1 Å². The van der Waals surface area contributed by atoms with Crippen LogP contribution >= 0.6 is 0 Å². The van der Waals surface area contributed by atoms with Crippen LogP contribution in [0, 0.1) is 12.8 Å². The molecule has 1 N–H and O–H groups in total. The van der Waals surface area contributed by atoms with Crippen LogP contribution in [-0.2, 0) is 13.0 Å². The van der Waals surface area contributed by atoms with Gasteiger partial charge in [-0.1, -0.05) is 17.6 Å². The van der Waals surface area contributed by atoms with Crippen molar-refractivity contribution < 1.29 is 14.0 Å². The third-order valence-corrected chi connectivity index (χ3v) is 4.90. The number of ether oxygens (including phenoxy) is 2. The third kappa shape index (κ3) is 4.54. The van der Waals surface area contributed by atoms with Gasteiger partial charge in [-0.3, -0.25) is 0 Å². The Balaban J connectivity index is 1.58. The minimum Gasteiger partial charge on any atom is -0.493 e. The zero-order chi connectivity index (χ0) is 17.6. The summed E-state index contributed by atoms with van der Waals surface area (Å²) in [6, 6.07) is 8.71. The molecule has 2 atom stereocenters. The highest BCUT2D eigenvalue weighted by atomic mass is 16.5. The van der Waals surface area contributed by atoms with Gasteiger partial charge in [-0.2, -0.15) is 0 Å². The van der Waals surface area contributed by atoms with Crippen molar-refractivity contribution in [3.63, 3.8) is 0 Å². The summed E-state index contributed by atoms with van der Waals surface area (Å²) in [4.78, 5) is 0. The Morgan fingerprint density at radius 2 is 2.12 bits per heavy atom. The lowest BCUT2D eigenvalue weighted by Gasteiger charge is -2.20. The predicted molar refractivity (Wildman–Crippen MR) is 97.1 cm³/mol. The highest BCUT2D eigenvalue weighted by molar-refractivity contribution is 5.42. The molecule has 0 aliphatic heterocycles. The van der Waals surface area contributed by atoms with Crippen LogP contribution in [0.1, 0.15) is 43.2 Å². The summed E-state index contributed by atoms with van der Waals surface area (Å²) in [5.74, 6) is 3.20. The number of hydrogen-bond donors (Lipinski definition) is 1. The molecule has 0 spiro atoms. The molecule has 5 heteroatoms. The number of methoxy groups -OCH3 is 1. The molecule has 1 aliphatic carbocycles. The van der Waals surface area contributed by atoms with E-state index < -0.39 is 0 Å². The van der Waals surface area contributed by atoms with Gasteiger partial charge in [0, 0.05) is 25.1 Å².